The number of benzene rings is 1. The lowest BCUT2D eigenvalue weighted by Gasteiger charge is -2.30. The predicted octanol–water partition coefficient (Wildman–Crippen LogP) is 0.975. The Morgan fingerprint density at radius 1 is 1.43 bits per heavy atom. The van der Waals surface area contributed by atoms with E-state index in [-0.39, 0.29) is 23.8 Å². The minimum atomic E-state index is -0.428. The highest BCUT2D eigenvalue weighted by molar-refractivity contribution is 5.81. The zero-order chi connectivity index (χ0) is 15.6. The van der Waals surface area contributed by atoms with Crippen LogP contribution in [0.25, 0.3) is 0 Å². The van der Waals surface area contributed by atoms with Crippen LogP contribution in [-0.4, -0.2) is 53.9 Å². The summed E-state index contributed by atoms with van der Waals surface area (Å²) in [5.41, 5.74) is 0.911. The van der Waals surface area contributed by atoms with Gasteiger partial charge in [-0.25, -0.2) is 0 Å². The van der Waals surface area contributed by atoms with Crippen LogP contribution >= 0.6 is 0 Å². The van der Waals surface area contributed by atoms with Gasteiger partial charge in [0.1, 0.15) is 6.17 Å². The van der Waals surface area contributed by atoms with E-state index in [0.29, 0.717) is 13.1 Å². The van der Waals surface area contributed by atoms with Gasteiger partial charge in [0.25, 0.3) is 5.69 Å². The molecule has 0 aromatic heterocycles. The number of amides is 1. The summed E-state index contributed by atoms with van der Waals surface area (Å²) in [7, 11) is 3.94. The van der Waals surface area contributed by atoms with Crippen molar-refractivity contribution in [3.8, 4) is 0 Å². The molecule has 0 aliphatic carbocycles. The Morgan fingerprint density at radius 3 is 2.57 bits per heavy atom. The van der Waals surface area contributed by atoms with E-state index in [9.17, 15) is 14.9 Å². The molecule has 1 heterocycles. The third-order valence-corrected chi connectivity index (χ3v) is 3.84. The summed E-state index contributed by atoms with van der Waals surface area (Å²) in [4.78, 5) is 26.1. The summed E-state index contributed by atoms with van der Waals surface area (Å²) in [6.45, 7) is 2.96. The highest BCUT2D eigenvalue weighted by Gasteiger charge is 2.32. The lowest BCUT2D eigenvalue weighted by Crippen LogP contribution is -2.41. The Kier molecular flexibility index (Phi) is 4.54. The molecule has 1 amide bonds. The van der Waals surface area contributed by atoms with E-state index >= 15 is 0 Å². The first-order valence-electron chi connectivity index (χ1n) is 6.83. The number of hydrogen-bond acceptors (Lipinski definition) is 5. The van der Waals surface area contributed by atoms with Gasteiger partial charge in [0.05, 0.1) is 11.5 Å². The van der Waals surface area contributed by atoms with Crippen molar-refractivity contribution in [2.45, 2.75) is 19.1 Å². The minimum Gasteiger partial charge on any atom is -0.320 e. The number of non-ortho nitro benzene ring substituents is 1. The molecule has 2 atom stereocenters. The van der Waals surface area contributed by atoms with Crippen molar-refractivity contribution in [1.82, 2.24) is 15.1 Å². The third-order valence-electron chi connectivity index (χ3n) is 3.84. The Balaban J connectivity index is 2.17. The van der Waals surface area contributed by atoms with Crippen molar-refractivity contribution in [3.05, 3.63) is 39.9 Å². The van der Waals surface area contributed by atoms with Crippen molar-refractivity contribution >= 4 is 11.6 Å². The Morgan fingerprint density at radius 2 is 2.05 bits per heavy atom. The number of nitrogens with one attached hydrogen (secondary N) is 1. The van der Waals surface area contributed by atoms with Gasteiger partial charge in [-0.3, -0.25) is 20.2 Å². The molecule has 114 valence electrons. The van der Waals surface area contributed by atoms with Crippen molar-refractivity contribution in [1.29, 1.82) is 0 Å². The van der Waals surface area contributed by atoms with Gasteiger partial charge < -0.3 is 9.80 Å². The maximum absolute atomic E-state index is 12.0. The van der Waals surface area contributed by atoms with Crippen LogP contribution in [0.2, 0.25) is 0 Å². The number of carbonyl (C=O) groups is 1. The van der Waals surface area contributed by atoms with Crippen molar-refractivity contribution in [2.75, 3.05) is 27.2 Å². The van der Waals surface area contributed by atoms with Gasteiger partial charge in [-0.15, -0.1) is 0 Å². The van der Waals surface area contributed by atoms with Crippen LogP contribution < -0.4 is 5.32 Å². The van der Waals surface area contributed by atoms with E-state index in [1.54, 1.807) is 17.0 Å². The zero-order valence-corrected chi connectivity index (χ0v) is 12.4. The summed E-state index contributed by atoms with van der Waals surface area (Å²) >= 11 is 0. The summed E-state index contributed by atoms with van der Waals surface area (Å²) in [5, 5.41) is 13.8. The summed E-state index contributed by atoms with van der Waals surface area (Å²) in [6, 6.07) is 6.55. The van der Waals surface area contributed by atoms with Gasteiger partial charge >= 0.3 is 0 Å². The second-order valence-electron chi connectivity index (χ2n) is 5.49. The molecule has 1 aliphatic rings. The molecule has 0 saturated carbocycles. The highest BCUT2D eigenvalue weighted by atomic mass is 16.6. The normalized spacial score (nSPS) is 20.1. The van der Waals surface area contributed by atoms with Gasteiger partial charge in [-0.2, -0.15) is 0 Å². The van der Waals surface area contributed by atoms with Crippen LogP contribution in [-0.2, 0) is 4.79 Å². The lowest BCUT2D eigenvalue weighted by atomic mass is 10.1. The maximum atomic E-state index is 12.0. The molecular formula is C14H20N4O3. The van der Waals surface area contributed by atoms with Crippen molar-refractivity contribution in [3.63, 3.8) is 0 Å². The fraction of sp³-hybridized carbons (Fsp3) is 0.500. The molecule has 0 spiro atoms. The summed E-state index contributed by atoms with van der Waals surface area (Å²) in [5.74, 6) is 0.0482. The topological polar surface area (TPSA) is 78.7 Å². The fourth-order valence-electron chi connectivity index (χ4n) is 2.27. The number of hydrogen-bond donors (Lipinski definition) is 1. The molecule has 1 fully saturated rings. The van der Waals surface area contributed by atoms with Crippen LogP contribution in [0.4, 0.5) is 5.69 Å². The van der Waals surface area contributed by atoms with Gasteiger partial charge in [-0.05, 0) is 38.7 Å². The number of carbonyl (C=O) groups excluding carboxylic acids is 1. The van der Waals surface area contributed by atoms with E-state index in [1.165, 1.54) is 12.1 Å². The maximum Gasteiger partial charge on any atom is 0.269 e. The molecule has 0 bridgehead atoms. The van der Waals surface area contributed by atoms with E-state index in [0.717, 1.165) is 5.56 Å². The molecule has 7 nitrogen and oxygen atoms in total. The van der Waals surface area contributed by atoms with Crippen LogP contribution in [0.5, 0.6) is 0 Å². The van der Waals surface area contributed by atoms with Crippen LogP contribution in [0.1, 0.15) is 18.7 Å². The largest absolute Gasteiger partial charge is 0.320 e. The molecule has 7 heteroatoms. The highest BCUT2D eigenvalue weighted by Crippen LogP contribution is 2.24. The monoisotopic (exact) mass is 292 g/mol. The molecule has 2 unspecified atom stereocenters. The van der Waals surface area contributed by atoms with Crippen LogP contribution in [0, 0.1) is 10.1 Å². The van der Waals surface area contributed by atoms with E-state index in [4.69, 9.17) is 0 Å². The van der Waals surface area contributed by atoms with E-state index in [2.05, 4.69) is 17.1 Å². The van der Waals surface area contributed by atoms with Gasteiger partial charge in [0.15, 0.2) is 0 Å². The Bertz CT molecular complexity index is 530. The van der Waals surface area contributed by atoms with Gasteiger partial charge in [0, 0.05) is 24.7 Å². The molecule has 21 heavy (non-hydrogen) atoms. The van der Waals surface area contributed by atoms with E-state index < -0.39 is 4.92 Å². The fourth-order valence-corrected chi connectivity index (χ4v) is 2.27. The molecule has 1 saturated heterocycles. The van der Waals surface area contributed by atoms with Crippen LogP contribution in [0.3, 0.4) is 0 Å². The lowest BCUT2D eigenvalue weighted by molar-refractivity contribution is -0.384. The van der Waals surface area contributed by atoms with Gasteiger partial charge in [-0.1, -0.05) is 0 Å². The first kappa shape index (κ1) is 15.4. The Hall–Kier alpha value is -1.99. The zero-order valence-electron chi connectivity index (χ0n) is 12.4. The summed E-state index contributed by atoms with van der Waals surface area (Å²) in [6.07, 6.45) is -0.222. The second kappa shape index (κ2) is 6.19. The van der Waals surface area contributed by atoms with E-state index in [1.807, 2.05) is 14.1 Å². The Labute approximate surface area is 123 Å². The first-order chi connectivity index (χ1) is 9.90. The third kappa shape index (κ3) is 3.37. The molecule has 2 rings (SSSR count). The predicted molar refractivity (Wildman–Crippen MR) is 78.7 cm³/mol. The number of likely N-dealkylation sites (N-methyl/N-ethyl adjacent to an activating group) is 1. The van der Waals surface area contributed by atoms with Crippen molar-refractivity contribution in [2.24, 2.45) is 0 Å². The average molecular weight is 292 g/mol. The molecular weight excluding hydrogens is 272 g/mol. The second-order valence-corrected chi connectivity index (χ2v) is 5.49. The number of nitro benzene ring substituents is 1. The minimum absolute atomic E-state index is 0.0482. The first-order valence-corrected chi connectivity index (χ1v) is 6.83. The molecule has 0 radical (unpaired) electrons. The SMILES string of the molecule is CC(CN1C(=O)CNC1c1ccc([N+](=O)[O-])cc1)N(C)C. The molecule has 1 N–H and O–H groups in total. The number of rotatable bonds is 5. The van der Waals surface area contributed by atoms with Gasteiger partial charge in [0.2, 0.25) is 5.91 Å². The molecule has 1 aromatic rings. The smallest absolute Gasteiger partial charge is 0.269 e. The summed E-state index contributed by atoms with van der Waals surface area (Å²) < 4.78 is 0. The standard InChI is InChI=1S/C14H20N4O3/c1-10(16(2)3)9-17-13(19)8-15-14(17)11-4-6-12(7-5-11)18(20)21/h4-7,10,14-15H,8-9H2,1-3H3. The quantitative estimate of drug-likeness (QED) is 0.646. The number of nitro groups is 1. The van der Waals surface area contributed by atoms with Crippen LogP contribution in [0.15, 0.2) is 24.3 Å². The molecule has 1 aliphatic heterocycles. The number of nitrogens with zero attached hydrogens (tertiary/aromatic N) is 3. The average Bonchev–Trinajstić information content (AvgIpc) is 2.80. The molecule has 1 aromatic carbocycles. The van der Waals surface area contributed by atoms with Crippen molar-refractivity contribution < 1.29 is 9.72 Å².